The zero-order valence-electron chi connectivity index (χ0n) is 17.6. The lowest BCUT2D eigenvalue weighted by Gasteiger charge is -2.19. The molecule has 1 amide bonds. The van der Waals surface area contributed by atoms with Gasteiger partial charge in [0.25, 0.3) is 11.6 Å². The summed E-state index contributed by atoms with van der Waals surface area (Å²) in [6.45, 7) is 6.22. The van der Waals surface area contributed by atoms with E-state index in [1.807, 2.05) is 12.1 Å². The topological polar surface area (TPSA) is 150 Å². The number of hydrogen-bond acceptors (Lipinski definition) is 6. The van der Waals surface area contributed by atoms with E-state index in [4.69, 9.17) is 5.73 Å². The Morgan fingerprint density at radius 1 is 1.09 bits per heavy atom. The third-order valence-corrected chi connectivity index (χ3v) is 5.10. The molecule has 10 heteroatoms. The van der Waals surface area contributed by atoms with Crippen molar-refractivity contribution in [2.75, 3.05) is 0 Å². The average molecular weight is 432 g/mol. The zero-order chi connectivity index (χ0) is 23.2. The van der Waals surface area contributed by atoms with Gasteiger partial charge in [0.1, 0.15) is 5.52 Å². The monoisotopic (exact) mass is 432 g/mol. The summed E-state index contributed by atoms with van der Waals surface area (Å²) in [5.74, 6) is -0.980. The SMILES string of the molecule is CC(C)(C)c1ccc(-n2c(=O)[nH]c3c(C(N)=O)nc(-c4ccccc4[N+](=O)[O-])nc32)cc1. The molecule has 2 aromatic carbocycles. The van der Waals surface area contributed by atoms with E-state index in [9.17, 15) is 19.7 Å². The molecule has 4 aromatic rings. The summed E-state index contributed by atoms with van der Waals surface area (Å²) in [5, 5.41) is 11.5. The molecular formula is C22H20N6O4. The Morgan fingerprint density at radius 3 is 2.34 bits per heavy atom. The molecular weight excluding hydrogens is 412 g/mol. The Morgan fingerprint density at radius 2 is 1.75 bits per heavy atom. The van der Waals surface area contributed by atoms with Gasteiger partial charge in [-0.05, 0) is 29.2 Å². The fraction of sp³-hybridized carbons (Fsp3) is 0.182. The molecule has 0 aliphatic carbocycles. The number of amides is 1. The smallest absolute Gasteiger partial charge is 0.332 e. The molecule has 4 rings (SSSR count). The number of nitrogens with one attached hydrogen (secondary N) is 1. The van der Waals surface area contributed by atoms with Crippen LogP contribution in [0.1, 0.15) is 36.8 Å². The van der Waals surface area contributed by atoms with E-state index in [1.165, 1.54) is 22.8 Å². The first-order valence-electron chi connectivity index (χ1n) is 9.75. The molecule has 0 saturated heterocycles. The Labute approximate surface area is 181 Å². The highest BCUT2D eigenvalue weighted by atomic mass is 16.6. The Kier molecular flexibility index (Phi) is 4.85. The Balaban J connectivity index is 2.01. The van der Waals surface area contributed by atoms with Crippen LogP contribution in [0.25, 0.3) is 28.2 Å². The number of para-hydroxylation sites is 1. The number of hydrogen-bond donors (Lipinski definition) is 2. The van der Waals surface area contributed by atoms with Gasteiger partial charge in [0.15, 0.2) is 17.2 Å². The Hall–Kier alpha value is -4.34. The number of nitro groups is 1. The molecule has 0 unspecified atom stereocenters. The highest BCUT2D eigenvalue weighted by Gasteiger charge is 2.24. The first kappa shape index (κ1) is 20.9. The number of carbonyl (C=O) groups is 1. The van der Waals surface area contributed by atoms with Crippen molar-refractivity contribution in [1.82, 2.24) is 19.5 Å². The molecule has 0 aliphatic heterocycles. The van der Waals surface area contributed by atoms with Crippen LogP contribution < -0.4 is 11.4 Å². The maximum atomic E-state index is 12.8. The molecule has 0 fully saturated rings. The van der Waals surface area contributed by atoms with E-state index < -0.39 is 16.5 Å². The van der Waals surface area contributed by atoms with E-state index in [0.29, 0.717) is 5.69 Å². The van der Waals surface area contributed by atoms with Gasteiger partial charge < -0.3 is 10.7 Å². The first-order valence-corrected chi connectivity index (χ1v) is 9.75. The van der Waals surface area contributed by atoms with Gasteiger partial charge in [0, 0.05) is 6.07 Å². The quantitative estimate of drug-likeness (QED) is 0.374. The average Bonchev–Trinajstić information content (AvgIpc) is 3.07. The minimum atomic E-state index is -0.895. The van der Waals surface area contributed by atoms with Gasteiger partial charge in [-0.1, -0.05) is 45.0 Å². The van der Waals surface area contributed by atoms with Crippen LogP contribution in [0.4, 0.5) is 5.69 Å². The number of carbonyl (C=O) groups excluding carboxylic acids is 1. The van der Waals surface area contributed by atoms with Crippen molar-refractivity contribution >= 4 is 22.8 Å². The van der Waals surface area contributed by atoms with Crippen molar-refractivity contribution in [3.8, 4) is 17.1 Å². The second-order valence-corrected chi connectivity index (χ2v) is 8.30. The summed E-state index contributed by atoms with van der Waals surface area (Å²) < 4.78 is 1.29. The number of aromatic nitrogens is 4. The molecule has 0 saturated carbocycles. The van der Waals surface area contributed by atoms with Crippen LogP contribution in [0.15, 0.2) is 53.3 Å². The number of aromatic amines is 1. The van der Waals surface area contributed by atoms with Crippen LogP contribution in [0.2, 0.25) is 0 Å². The molecule has 10 nitrogen and oxygen atoms in total. The minimum Gasteiger partial charge on any atom is -0.364 e. The normalized spacial score (nSPS) is 11.6. The maximum Gasteiger partial charge on any atom is 0.332 e. The molecule has 0 spiro atoms. The lowest BCUT2D eigenvalue weighted by Crippen LogP contribution is -2.16. The van der Waals surface area contributed by atoms with E-state index in [2.05, 4.69) is 35.7 Å². The zero-order valence-corrected chi connectivity index (χ0v) is 17.6. The molecule has 3 N–H and O–H groups in total. The van der Waals surface area contributed by atoms with Gasteiger partial charge in [-0.15, -0.1) is 0 Å². The van der Waals surface area contributed by atoms with Gasteiger partial charge >= 0.3 is 5.69 Å². The lowest BCUT2D eigenvalue weighted by molar-refractivity contribution is -0.384. The van der Waals surface area contributed by atoms with Crippen LogP contribution in [-0.4, -0.2) is 30.3 Å². The molecule has 2 aromatic heterocycles. The Bertz CT molecular complexity index is 1430. The third kappa shape index (κ3) is 3.51. The number of primary amides is 1. The van der Waals surface area contributed by atoms with E-state index >= 15 is 0 Å². The largest absolute Gasteiger partial charge is 0.364 e. The summed E-state index contributed by atoms with van der Waals surface area (Å²) in [7, 11) is 0. The number of imidazole rings is 1. The fourth-order valence-corrected chi connectivity index (χ4v) is 3.46. The highest BCUT2D eigenvalue weighted by Crippen LogP contribution is 2.29. The van der Waals surface area contributed by atoms with Crippen molar-refractivity contribution in [3.05, 3.63) is 80.4 Å². The van der Waals surface area contributed by atoms with Crippen molar-refractivity contribution in [1.29, 1.82) is 0 Å². The van der Waals surface area contributed by atoms with Crippen molar-refractivity contribution in [3.63, 3.8) is 0 Å². The predicted octanol–water partition coefficient (Wildman–Crippen LogP) is 3.08. The molecule has 32 heavy (non-hydrogen) atoms. The molecule has 0 atom stereocenters. The fourth-order valence-electron chi connectivity index (χ4n) is 3.46. The number of nitrogens with zero attached hydrogens (tertiary/aromatic N) is 4. The second kappa shape index (κ2) is 7.41. The van der Waals surface area contributed by atoms with Crippen LogP contribution >= 0.6 is 0 Å². The van der Waals surface area contributed by atoms with Crippen LogP contribution in [0.5, 0.6) is 0 Å². The van der Waals surface area contributed by atoms with Crippen molar-refractivity contribution in [2.45, 2.75) is 26.2 Å². The molecule has 0 aliphatic rings. The molecule has 2 heterocycles. The van der Waals surface area contributed by atoms with Crippen LogP contribution in [-0.2, 0) is 5.41 Å². The number of rotatable bonds is 4. The molecule has 0 bridgehead atoms. The standard InChI is InChI=1S/C22H20N6O4/c1-22(2,3)12-8-10-13(11-9-12)27-20-17(25-21(27)30)16(18(23)29)24-19(26-20)14-6-4-5-7-15(14)28(31)32/h4-11H,1-3H3,(H2,23,29)(H,25,30). The van der Waals surface area contributed by atoms with Crippen molar-refractivity contribution in [2.24, 2.45) is 5.73 Å². The number of nitro benzene ring substituents is 1. The summed E-state index contributed by atoms with van der Waals surface area (Å²) in [5.41, 5.74) is 6.25. The third-order valence-electron chi connectivity index (χ3n) is 5.10. The highest BCUT2D eigenvalue weighted by molar-refractivity contribution is 6.02. The number of nitrogens with two attached hydrogens (primary N) is 1. The van der Waals surface area contributed by atoms with Gasteiger partial charge in [0.05, 0.1) is 16.2 Å². The molecule has 162 valence electrons. The van der Waals surface area contributed by atoms with E-state index in [-0.39, 0.29) is 39.3 Å². The lowest BCUT2D eigenvalue weighted by atomic mass is 9.87. The summed E-state index contributed by atoms with van der Waals surface area (Å²) in [6.07, 6.45) is 0. The summed E-state index contributed by atoms with van der Waals surface area (Å²) in [6, 6.07) is 13.2. The summed E-state index contributed by atoms with van der Waals surface area (Å²) in [4.78, 5) is 46.9. The second-order valence-electron chi connectivity index (χ2n) is 8.30. The maximum absolute atomic E-state index is 12.8. The summed E-state index contributed by atoms with van der Waals surface area (Å²) >= 11 is 0. The predicted molar refractivity (Wildman–Crippen MR) is 119 cm³/mol. The van der Waals surface area contributed by atoms with E-state index in [0.717, 1.165) is 5.56 Å². The van der Waals surface area contributed by atoms with Crippen molar-refractivity contribution < 1.29 is 9.72 Å². The van der Waals surface area contributed by atoms with E-state index in [1.54, 1.807) is 18.2 Å². The van der Waals surface area contributed by atoms with Crippen LogP contribution in [0, 0.1) is 10.1 Å². The van der Waals surface area contributed by atoms with Gasteiger partial charge in [-0.2, -0.15) is 0 Å². The van der Waals surface area contributed by atoms with Crippen LogP contribution in [0.3, 0.4) is 0 Å². The van der Waals surface area contributed by atoms with Gasteiger partial charge in [0.2, 0.25) is 0 Å². The first-order chi connectivity index (χ1) is 15.1. The molecule has 0 radical (unpaired) electrons. The number of fused-ring (bicyclic) bond motifs is 1. The number of H-pyrrole nitrogens is 1. The van der Waals surface area contributed by atoms with Gasteiger partial charge in [-0.25, -0.2) is 19.3 Å². The minimum absolute atomic E-state index is 0.0599. The number of benzene rings is 2. The van der Waals surface area contributed by atoms with Gasteiger partial charge in [-0.3, -0.25) is 14.9 Å².